The SMILES string of the molecule is CCC(=O)OC(COc1ccc(CC2NC(=O)SC2=O)cc1)c1ccc(C)cn1. The Morgan fingerprint density at radius 1 is 1.21 bits per heavy atom. The molecule has 0 radical (unpaired) electrons. The molecule has 1 aromatic carbocycles. The minimum absolute atomic E-state index is 0.134. The number of ether oxygens (including phenoxy) is 2. The molecule has 0 bridgehead atoms. The van der Waals surface area contributed by atoms with Crippen molar-refractivity contribution in [1.29, 1.82) is 0 Å². The molecule has 152 valence electrons. The van der Waals surface area contributed by atoms with Crippen LogP contribution in [0.15, 0.2) is 42.6 Å². The van der Waals surface area contributed by atoms with Crippen LogP contribution in [0.1, 0.15) is 36.3 Å². The predicted octanol–water partition coefficient (Wildman–Crippen LogP) is 3.36. The largest absolute Gasteiger partial charge is 0.489 e. The molecule has 1 saturated heterocycles. The molecule has 0 saturated carbocycles. The molecule has 1 fully saturated rings. The Labute approximate surface area is 173 Å². The number of hydrogen-bond acceptors (Lipinski definition) is 7. The first-order valence-electron chi connectivity index (χ1n) is 9.30. The molecule has 1 N–H and O–H groups in total. The number of aromatic nitrogens is 1. The van der Waals surface area contributed by atoms with Crippen molar-refractivity contribution in [2.24, 2.45) is 0 Å². The van der Waals surface area contributed by atoms with Gasteiger partial charge in [0.05, 0.1) is 5.69 Å². The number of rotatable bonds is 8. The summed E-state index contributed by atoms with van der Waals surface area (Å²) < 4.78 is 11.3. The van der Waals surface area contributed by atoms with Gasteiger partial charge in [0.25, 0.3) is 5.24 Å². The smallest absolute Gasteiger partial charge is 0.306 e. The van der Waals surface area contributed by atoms with Gasteiger partial charge in [-0.05, 0) is 36.2 Å². The number of thioether (sulfide) groups is 1. The fraction of sp³-hybridized carbons (Fsp3) is 0.333. The zero-order chi connectivity index (χ0) is 20.8. The molecule has 1 amide bonds. The highest BCUT2D eigenvalue weighted by Crippen LogP contribution is 2.22. The van der Waals surface area contributed by atoms with E-state index in [2.05, 4.69) is 10.3 Å². The normalized spacial score (nSPS) is 17.0. The number of amides is 1. The molecular weight excluding hydrogens is 392 g/mol. The van der Waals surface area contributed by atoms with E-state index in [4.69, 9.17) is 9.47 Å². The molecular formula is C21H22N2O5S. The fourth-order valence-electron chi connectivity index (χ4n) is 2.75. The molecule has 3 rings (SSSR count). The zero-order valence-electron chi connectivity index (χ0n) is 16.2. The van der Waals surface area contributed by atoms with E-state index in [1.54, 1.807) is 25.3 Å². The van der Waals surface area contributed by atoms with Crippen LogP contribution in [0.2, 0.25) is 0 Å². The highest BCUT2D eigenvalue weighted by Gasteiger charge is 2.31. The summed E-state index contributed by atoms with van der Waals surface area (Å²) in [4.78, 5) is 39.1. The van der Waals surface area contributed by atoms with Crippen LogP contribution in [-0.2, 0) is 20.7 Å². The van der Waals surface area contributed by atoms with Gasteiger partial charge < -0.3 is 14.8 Å². The Hall–Kier alpha value is -2.87. The second-order valence-corrected chi connectivity index (χ2v) is 7.63. The van der Waals surface area contributed by atoms with Crippen LogP contribution in [0.4, 0.5) is 4.79 Å². The van der Waals surface area contributed by atoms with Crippen LogP contribution in [-0.4, -0.2) is 34.0 Å². The van der Waals surface area contributed by atoms with Gasteiger partial charge in [0.2, 0.25) is 5.12 Å². The van der Waals surface area contributed by atoms with E-state index >= 15 is 0 Å². The van der Waals surface area contributed by atoms with Crippen LogP contribution in [0.25, 0.3) is 0 Å². The number of aryl methyl sites for hydroxylation is 1. The number of carbonyl (C=O) groups is 3. The molecule has 29 heavy (non-hydrogen) atoms. The minimum atomic E-state index is -0.605. The van der Waals surface area contributed by atoms with E-state index in [1.165, 1.54) is 0 Å². The average molecular weight is 414 g/mol. The van der Waals surface area contributed by atoms with Gasteiger partial charge in [0.1, 0.15) is 18.4 Å². The molecule has 2 atom stereocenters. The summed E-state index contributed by atoms with van der Waals surface area (Å²) in [6.45, 7) is 3.80. The zero-order valence-corrected chi connectivity index (χ0v) is 17.0. The van der Waals surface area contributed by atoms with Crippen LogP contribution >= 0.6 is 11.8 Å². The van der Waals surface area contributed by atoms with Gasteiger partial charge in [-0.3, -0.25) is 19.4 Å². The van der Waals surface area contributed by atoms with Crippen molar-refractivity contribution in [1.82, 2.24) is 10.3 Å². The number of esters is 1. The van der Waals surface area contributed by atoms with Crippen LogP contribution < -0.4 is 10.1 Å². The predicted molar refractivity (Wildman–Crippen MR) is 109 cm³/mol. The lowest BCUT2D eigenvalue weighted by Gasteiger charge is -2.18. The second kappa shape index (κ2) is 9.56. The maximum atomic E-state index is 11.8. The first-order chi connectivity index (χ1) is 13.9. The van der Waals surface area contributed by atoms with Crippen LogP contribution in [0.5, 0.6) is 5.75 Å². The monoisotopic (exact) mass is 414 g/mol. The van der Waals surface area contributed by atoms with E-state index in [-0.39, 0.29) is 29.4 Å². The molecule has 2 heterocycles. The average Bonchev–Trinajstić information content (AvgIpc) is 3.03. The van der Waals surface area contributed by atoms with Crippen molar-refractivity contribution in [3.63, 3.8) is 0 Å². The van der Waals surface area contributed by atoms with Crippen LogP contribution in [0, 0.1) is 6.92 Å². The Morgan fingerprint density at radius 3 is 2.55 bits per heavy atom. The Bertz CT molecular complexity index is 883. The number of carbonyl (C=O) groups excluding carboxylic acids is 3. The molecule has 7 nitrogen and oxygen atoms in total. The highest BCUT2D eigenvalue weighted by atomic mass is 32.2. The Morgan fingerprint density at radius 2 is 1.97 bits per heavy atom. The lowest BCUT2D eigenvalue weighted by Crippen LogP contribution is -2.30. The summed E-state index contributed by atoms with van der Waals surface area (Å²) in [5, 5.41) is 2.17. The van der Waals surface area contributed by atoms with Crippen molar-refractivity contribution in [2.75, 3.05) is 6.61 Å². The van der Waals surface area contributed by atoms with Crippen molar-refractivity contribution in [2.45, 2.75) is 38.8 Å². The Kier molecular flexibility index (Phi) is 6.87. The van der Waals surface area contributed by atoms with Gasteiger partial charge >= 0.3 is 5.97 Å². The number of hydrogen-bond donors (Lipinski definition) is 1. The van der Waals surface area contributed by atoms with Gasteiger partial charge in [-0.15, -0.1) is 0 Å². The molecule has 0 aliphatic carbocycles. The van der Waals surface area contributed by atoms with Gasteiger partial charge in [-0.1, -0.05) is 25.1 Å². The summed E-state index contributed by atoms with van der Waals surface area (Å²) in [5.74, 6) is 0.284. The molecule has 8 heteroatoms. The van der Waals surface area contributed by atoms with Crippen molar-refractivity contribution < 1.29 is 23.9 Å². The standard InChI is InChI=1S/C21H22N2O5S/c1-3-19(24)28-18(16-9-4-13(2)11-22-16)12-27-15-7-5-14(6-8-15)10-17-20(25)29-21(26)23-17/h4-9,11,17-18H,3,10,12H2,1-2H3,(H,23,26). The summed E-state index contributed by atoms with van der Waals surface area (Å²) in [6, 6.07) is 10.5. The summed E-state index contributed by atoms with van der Waals surface area (Å²) >= 11 is 0.707. The molecule has 1 aliphatic heterocycles. The van der Waals surface area contributed by atoms with E-state index in [1.807, 2.05) is 31.2 Å². The van der Waals surface area contributed by atoms with Crippen LogP contribution in [0.3, 0.4) is 0 Å². The minimum Gasteiger partial charge on any atom is -0.489 e. The third-order valence-corrected chi connectivity index (χ3v) is 5.15. The van der Waals surface area contributed by atoms with Crippen molar-refractivity contribution >= 4 is 28.1 Å². The quantitative estimate of drug-likeness (QED) is 0.662. The van der Waals surface area contributed by atoms with E-state index in [9.17, 15) is 14.4 Å². The highest BCUT2D eigenvalue weighted by molar-refractivity contribution is 8.26. The van der Waals surface area contributed by atoms with E-state index < -0.39 is 12.1 Å². The lowest BCUT2D eigenvalue weighted by atomic mass is 10.1. The second-order valence-electron chi connectivity index (χ2n) is 6.66. The third-order valence-electron chi connectivity index (χ3n) is 4.36. The first kappa shape index (κ1) is 20.9. The molecule has 2 unspecified atom stereocenters. The van der Waals surface area contributed by atoms with Gasteiger partial charge in [0, 0.05) is 30.8 Å². The topological polar surface area (TPSA) is 94.6 Å². The molecule has 1 aliphatic rings. The number of nitrogens with zero attached hydrogens (tertiary/aromatic N) is 1. The number of pyridine rings is 1. The summed E-state index contributed by atoms with van der Waals surface area (Å²) in [5.41, 5.74) is 2.55. The van der Waals surface area contributed by atoms with Gasteiger partial charge in [-0.2, -0.15) is 0 Å². The fourth-order valence-corrected chi connectivity index (χ4v) is 3.42. The maximum Gasteiger partial charge on any atom is 0.306 e. The molecule has 1 aromatic heterocycles. The first-order valence-corrected chi connectivity index (χ1v) is 10.1. The maximum absolute atomic E-state index is 11.8. The third kappa shape index (κ3) is 5.80. The van der Waals surface area contributed by atoms with Gasteiger partial charge in [-0.25, -0.2) is 0 Å². The number of benzene rings is 1. The Balaban J connectivity index is 1.61. The van der Waals surface area contributed by atoms with E-state index in [0.717, 1.165) is 11.1 Å². The summed E-state index contributed by atoms with van der Waals surface area (Å²) in [6.07, 6.45) is 1.82. The molecule has 2 aromatic rings. The lowest BCUT2D eigenvalue weighted by molar-refractivity contribution is -0.150. The summed E-state index contributed by atoms with van der Waals surface area (Å²) in [7, 11) is 0. The van der Waals surface area contributed by atoms with Gasteiger partial charge in [0.15, 0.2) is 6.10 Å². The van der Waals surface area contributed by atoms with E-state index in [0.29, 0.717) is 29.6 Å². The van der Waals surface area contributed by atoms with Crippen molar-refractivity contribution in [3.05, 3.63) is 59.4 Å². The molecule has 0 spiro atoms. The van der Waals surface area contributed by atoms with Crippen molar-refractivity contribution in [3.8, 4) is 5.75 Å². The number of nitrogens with one attached hydrogen (secondary N) is 1.